The molecule has 0 rings (SSSR count). The Balaban J connectivity index is 0. The summed E-state index contributed by atoms with van der Waals surface area (Å²) in [6, 6.07) is 0. The maximum atomic E-state index is 10.6. The molecule has 0 unspecified atom stereocenters. The van der Waals surface area contributed by atoms with Gasteiger partial charge in [-0.1, -0.05) is 18.2 Å². The van der Waals surface area contributed by atoms with E-state index < -0.39 is 5.97 Å². The summed E-state index contributed by atoms with van der Waals surface area (Å²) >= 11 is 0. The van der Waals surface area contributed by atoms with Crippen LogP contribution in [-0.2, 0) is 4.79 Å². The summed E-state index contributed by atoms with van der Waals surface area (Å²) in [5.41, 5.74) is 0.0433. The molecule has 0 aliphatic heterocycles. The van der Waals surface area contributed by atoms with E-state index in [2.05, 4.69) is 31.0 Å². The number of terminal acetylenes is 1. The van der Waals surface area contributed by atoms with Gasteiger partial charge in [0.25, 0.3) is 0 Å². The lowest BCUT2D eigenvalue weighted by Gasteiger charge is -1.91. The number of aliphatic imine (C=N–C) groups is 1. The van der Waals surface area contributed by atoms with Crippen LogP contribution in [-0.4, -0.2) is 23.3 Å². The highest BCUT2D eigenvalue weighted by Gasteiger charge is 2.02. The van der Waals surface area contributed by atoms with Gasteiger partial charge in [-0.25, -0.2) is 4.79 Å². The Morgan fingerprint density at radius 2 is 1.93 bits per heavy atom. The molecule has 0 fully saturated rings. The number of allylic oxidation sites excluding steroid dienone is 2. The number of hydrogen-bond donors (Lipinski definition) is 1. The van der Waals surface area contributed by atoms with Gasteiger partial charge in [-0.05, 0) is 12.5 Å². The zero-order valence-corrected chi connectivity index (χ0v) is 8.60. The lowest BCUT2D eigenvalue weighted by atomic mass is 10.3. The van der Waals surface area contributed by atoms with Crippen molar-refractivity contribution < 1.29 is 9.90 Å². The minimum atomic E-state index is -1.03. The number of hydrogen-bond acceptors (Lipinski definition) is 2. The van der Waals surface area contributed by atoms with Crippen LogP contribution < -0.4 is 0 Å². The third kappa shape index (κ3) is 9.84. The van der Waals surface area contributed by atoms with E-state index in [-0.39, 0.29) is 5.71 Å². The van der Waals surface area contributed by atoms with E-state index in [1.807, 2.05) is 0 Å². The average Bonchev–Trinajstić information content (AvgIpc) is 2.25. The summed E-state index contributed by atoms with van der Waals surface area (Å²) in [6.07, 6.45) is 15.0. The first-order valence-corrected chi connectivity index (χ1v) is 4.21. The quantitative estimate of drug-likeness (QED) is 0.410. The summed E-state index contributed by atoms with van der Waals surface area (Å²) in [5, 5.41) is 8.66. The number of carboxylic acids is 1. The number of aliphatic carboxylic acids is 1. The topological polar surface area (TPSA) is 49.7 Å². The number of carboxylic acid groups (broad SMARTS) is 1. The smallest absolute Gasteiger partial charge is 0.354 e. The standard InChI is InChI=1S/C10H13NO2.C2H2/c1-3-5-6-7-9(10(12)13)11-8-4-2;1-2/h3-4,6-7H,1-2,5,8H2,(H,12,13);1-2H/b7-6-,11-9?;. The molecule has 0 heterocycles. The van der Waals surface area contributed by atoms with Gasteiger partial charge in [0.15, 0.2) is 0 Å². The van der Waals surface area contributed by atoms with Gasteiger partial charge < -0.3 is 5.11 Å². The molecule has 0 atom stereocenters. The molecule has 0 aromatic carbocycles. The van der Waals surface area contributed by atoms with Gasteiger partial charge in [-0.3, -0.25) is 4.99 Å². The van der Waals surface area contributed by atoms with Crippen molar-refractivity contribution in [3.8, 4) is 12.8 Å². The van der Waals surface area contributed by atoms with Crippen LogP contribution in [0.3, 0.4) is 0 Å². The predicted octanol–water partition coefficient (Wildman–Crippen LogP) is 2.08. The maximum Gasteiger partial charge on any atom is 0.354 e. The van der Waals surface area contributed by atoms with Crippen LogP contribution in [0.2, 0.25) is 0 Å². The van der Waals surface area contributed by atoms with E-state index in [0.29, 0.717) is 13.0 Å². The second-order valence-corrected chi connectivity index (χ2v) is 2.25. The molecule has 3 heteroatoms. The van der Waals surface area contributed by atoms with Gasteiger partial charge in [0.05, 0.1) is 6.54 Å². The Morgan fingerprint density at radius 3 is 2.33 bits per heavy atom. The largest absolute Gasteiger partial charge is 0.477 e. The molecule has 0 aromatic rings. The Morgan fingerprint density at radius 1 is 1.33 bits per heavy atom. The summed E-state index contributed by atoms with van der Waals surface area (Å²) < 4.78 is 0. The molecule has 80 valence electrons. The minimum absolute atomic E-state index is 0.0433. The van der Waals surface area contributed by atoms with E-state index in [9.17, 15) is 4.79 Å². The molecule has 0 amide bonds. The van der Waals surface area contributed by atoms with E-state index in [1.165, 1.54) is 6.08 Å². The summed E-state index contributed by atoms with van der Waals surface area (Å²) in [5.74, 6) is -1.03. The van der Waals surface area contributed by atoms with Crippen molar-refractivity contribution in [2.24, 2.45) is 4.99 Å². The molecular formula is C12H15NO2. The second-order valence-electron chi connectivity index (χ2n) is 2.25. The highest BCUT2D eigenvalue weighted by atomic mass is 16.4. The average molecular weight is 205 g/mol. The highest BCUT2D eigenvalue weighted by Crippen LogP contribution is 1.88. The van der Waals surface area contributed by atoms with E-state index in [4.69, 9.17) is 5.11 Å². The van der Waals surface area contributed by atoms with Crippen molar-refractivity contribution in [2.75, 3.05) is 6.54 Å². The lowest BCUT2D eigenvalue weighted by molar-refractivity contribution is -0.129. The molecule has 0 aliphatic carbocycles. The molecule has 0 aromatic heterocycles. The lowest BCUT2D eigenvalue weighted by Crippen LogP contribution is -2.10. The van der Waals surface area contributed by atoms with Gasteiger partial charge in [0, 0.05) is 0 Å². The fourth-order valence-corrected chi connectivity index (χ4v) is 0.630. The van der Waals surface area contributed by atoms with Crippen LogP contribution in [0.5, 0.6) is 0 Å². The number of carbonyl (C=O) groups is 1. The highest BCUT2D eigenvalue weighted by molar-refractivity contribution is 6.40. The van der Waals surface area contributed by atoms with Gasteiger partial charge in [-0.2, -0.15) is 0 Å². The van der Waals surface area contributed by atoms with Crippen LogP contribution in [0.25, 0.3) is 0 Å². The summed E-state index contributed by atoms with van der Waals surface area (Å²) in [7, 11) is 0. The van der Waals surface area contributed by atoms with Crippen molar-refractivity contribution >= 4 is 11.7 Å². The summed E-state index contributed by atoms with van der Waals surface area (Å²) in [4.78, 5) is 14.3. The first-order valence-electron chi connectivity index (χ1n) is 4.21. The second kappa shape index (κ2) is 11.9. The van der Waals surface area contributed by atoms with Gasteiger partial charge >= 0.3 is 5.97 Å². The van der Waals surface area contributed by atoms with Gasteiger partial charge in [-0.15, -0.1) is 26.0 Å². The van der Waals surface area contributed by atoms with E-state index in [0.717, 1.165) is 0 Å². The molecule has 0 radical (unpaired) electrons. The fourth-order valence-electron chi connectivity index (χ4n) is 0.630. The van der Waals surface area contributed by atoms with Crippen LogP contribution in [0.15, 0.2) is 42.5 Å². The van der Waals surface area contributed by atoms with Crippen molar-refractivity contribution in [3.05, 3.63) is 37.5 Å². The molecule has 0 aliphatic rings. The monoisotopic (exact) mass is 205 g/mol. The molecule has 0 saturated carbocycles. The molecular weight excluding hydrogens is 190 g/mol. The Bertz CT molecular complexity index is 285. The molecule has 15 heavy (non-hydrogen) atoms. The molecule has 1 N–H and O–H groups in total. The van der Waals surface area contributed by atoms with Gasteiger partial charge in [0.2, 0.25) is 0 Å². The Kier molecular flexibility index (Phi) is 12.2. The maximum absolute atomic E-state index is 10.6. The van der Waals surface area contributed by atoms with Crippen LogP contribution in [0.4, 0.5) is 0 Å². The molecule has 0 saturated heterocycles. The zero-order valence-electron chi connectivity index (χ0n) is 8.60. The number of rotatable bonds is 6. The first kappa shape index (κ1) is 15.4. The molecule has 3 nitrogen and oxygen atoms in total. The fraction of sp³-hybridized carbons (Fsp3) is 0.167. The van der Waals surface area contributed by atoms with Crippen molar-refractivity contribution in [1.29, 1.82) is 0 Å². The van der Waals surface area contributed by atoms with Crippen molar-refractivity contribution in [2.45, 2.75) is 6.42 Å². The molecule has 0 bridgehead atoms. The van der Waals surface area contributed by atoms with Crippen LogP contribution >= 0.6 is 0 Å². The van der Waals surface area contributed by atoms with Gasteiger partial charge in [0.1, 0.15) is 5.71 Å². The molecule has 0 spiro atoms. The van der Waals surface area contributed by atoms with Crippen molar-refractivity contribution in [3.63, 3.8) is 0 Å². The Hall–Kier alpha value is -2.08. The first-order chi connectivity index (χ1) is 7.22. The van der Waals surface area contributed by atoms with Crippen molar-refractivity contribution in [1.82, 2.24) is 0 Å². The van der Waals surface area contributed by atoms with E-state index >= 15 is 0 Å². The zero-order chi connectivity index (χ0) is 12.1. The SMILES string of the molecule is C#C.C=CC/C=C\C(=NCC=C)C(=O)O. The number of nitrogens with zero attached hydrogens (tertiary/aromatic N) is 1. The summed E-state index contributed by atoms with van der Waals surface area (Å²) in [6.45, 7) is 7.28. The third-order valence-corrected chi connectivity index (χ3v) is 1.19. The Labute approximate surface area is 90.5 Å². The normalized spacial score (nSPS) is 10.1. The third-order valence-electron chi connectivity index (χ3n) is 1.19. The van der Waals surface area contributed by atoms with Crippen LogP contribution in [0, 0.1) is 12.8 Å². The minimum Gasteiger partial charge on any atom is -0.477 e. The van der Waals surface area contributed by atoms with Crippen LogP contribution in [0.1, 0.15) is 6.42 Å². The predicted molar refractivity (Wildman–Crippen MR) is 64.0 cm³/mol. The van der Waals surface area contributed by atoms with E-state index in [1.54, 1.807) is 18.2 Å².